The molecular formula is C46H36ClNSe. The Morgan fingerprint density at radius 1 is 0.469 bits per heavy atom. The molecule has 8 rings (SSSR count). The van der Waals surface area contributed by atoms with Gasteiger partial charge in [0.15, 0.2) is 0 Å². The van der Waals surface area contributed by atoms with E-state index in [1.807, 2.05) is 6.07 Å². The molecule has 3 heteroatoms. The molecule has 1 heterocycles. The third kappa shape index (κ3) is 6.25. The van der Waals surface area contributed by atoms with Crippen molar-refractivity contribution in [1.82, 2.24) is 4.57 Å². The van der Waals surface area contributed by atoms with E-state index in [0.717, 1.165) is 10.6 Å². The van der Waals surface area contributed by atoms with E-state index in [-0.39, 0.29) is 20.4 Å². The fraction of sp³-hybridized carbons (Fsp3) is 0.0870. The Hall–Kier alpha value is -4.85. The molecule has 0 atom stereocenters. The summed E-state index contributed by atoms with van der Waals surface area (Å²) < 4.78 is 4.96. The van der Waals surface area contributed by atoms with Gasteiger partial charge in [0.05, 0.1) is 0 Å². The van der Waals surface area contributed by atoms with Crippen molar-refractivity contribution in [3.63, 3.8) is 0 Å². The van der Waals surface area contributed by atoms with E-state index in [2.05, 4.69) is 183 Å². The van der Waals surface area contributed by atoms with Gasteiger partial charge < -0.3 is 0 Å². The number of hydrogen-bond donors (Lipinski definition) is 0. The molecule has 0 bridgehead atoms. The standard InChI is InChI=1S/C46H36ClNSe/c1-46(2,3)37-28-38(30-39(29-37)49-45-24-21-36(27-42(45)47)33-17-11-6-12-18-33)48-43-22-19-34(31-13-7-4-8-14-31)25-40(43)41-26-35(20-23-44(41)48)32-15-9-5-10-16-32/h4-30H,1-3H3. The van der Waals surface area contributed by atoms with Crippen LogP contribution >= 0.6 is 11.6 Å². The quantitative estimate of drug-likeness (QED) is 0.151. The van der Waals surface area contributed by atoms with Gasteiger partial charge in [-0.3, -0.25) is 0 Å². The van der Waals surface area contributed by atoms with Gasteiger partial charge in [0.2, 0.25) is 0 Å². The summed E-state index contributed by atoms with van der Waals surface area (Å²) in [5.74, 6) is 0. The topological polar surface area (TPSA) is 4.93 Å². The fourth-order valence-corrected chi connectivity index (χ4v) is 8.94. The Labute approximate surface area is 300 Å². The zero-order valence-electron chi connectivity index (χ0n) is 27.8. The number of fused-ring (bicyclic) bond motifs is 3. The molecule has 49 heavy (non-hydrogen) atoms. The van der Waals surface area contributed by atoms with Crippen LogP contribution in [0.5, 0.6) is 0 Å². The van der Waals surface area contributed by atoms with E-state index in [1.165, 1.54) is 69.8 Å². The molecule has 0 unspecified atom stereocenters. The Morgan fingerprint density at radius 2 is 0.939 bits per heavy atom. The molecule has 0 fully saturated rings. The van der Waals surface area contributed by atoms with Gasteiger partial charge in [0.1, 0.15) is 0 Å². The monoisotopic (exact) mass is 717 g/mol. The average molecular weight is 717 g/mol. The van der Waals surface area contributed by atoms with Crippen LogP contribution in [0.4, 0.5) is 0 Å². The summed E-state index contributed by atoms with van der Waals surface area (Å²) >= 11 is 7.01. The van der Waals surface area contributed by atoms with Gasteiger partial charge in [-0.2, -0.15) is 0 Å². The number of nitrogens with zero attached hydrogens (tertiary/aromatic N) is 1. The maximum absolute atomic E-state index is 7.00. The van der Waals surface area contributed by atoms with Crippen LogP contribution in [-0.2, 0) is 5.41 Å². The molecule has 0 aliphatic heterocycles. The van der Waals surface area contributed by atoms with Gasteiger partial charge in [-0.25, -0.2) is 0 Å². The summed E-state index contributed by atoms with van der Waals surface area (Å²) in [6, 6.07) is 59.3. The van der Waals surface area contributed by atoms with Gasteiger partial charge in [-0.1, -0.05) is 0 Å². The van der Waals surface area contributed by atoms with Crippen LogP contribution in [0.15, 0.2) is 164 Å². The third-order valence-electron chi connectivity index (χ3n) is 9.26. The third-order valence-corrected chi connectivity index (χ3v) is 12.0. The Kier molecular flexibility index (Phi) is 8.26. The average Bonchev–Trinajstić information content (AvgIpc) is 3.46. The minimum atomic E-state index is -0.0263. The van der Waals surface area contributed by atoms with E-state index in [9.17, 15) is 0 Å². The fourth-order valence-electron chi connectivity index (χ4n) is 6.65. The van der Waals surface area contributed by atoms with Crippen LogP contribution in [0.3, 0.4) is 0 Å². The predicted molar refractivity (Wildman–Crippen MR) is 212 cm³/mol. The summed E-state index contributed by atoms with van der Waals surface area (Å²) in [5.41, 5.74) is 12.1. The number of aromatic nitrogens is 1. The molecule has 0 saturated carbocycles. The zero-order valence-corrected chi connectivity index (χ0v) is 30.3. The van der Waals surface area contributed by atoms with Crippen molar-refractivity contribution < 1.29 is 0 Å². The van der Waals surface area contributed by atoms with E-state index in [0.29, 0.717) is 0 Å². The molecule has 0 saturated heterocycles. The maximum atomic E-state index is 7.00. The van der Waals surface area contributed by atoms with Gasteiger partial charge in [-0.05, 0) is 0 Å². The molecule has 0 spiro atoms. The second kappa shape index (κ2) is 12.9. The Morgan fingerprint density at radius 3 is 1.41 bits per heavy atom. The molecule has 0 amide bonds. The molecule has 238 valence electrons. The number of rotatable bonds is 6. The van der Waals surface area contributed by atoms with Crippen LogP contribution in [0.1, 0.15) is 26.3 Å². The zero-order chi connectivity index (χ0) is 33.5. The summed E-state index contributed by atoms with van der Waals surface area (Å²) in [4.78, 5) is 0. The normalized spacial score (nSPS) is 11.8. The summed E-state index contributed by atoms with van der Waals surface area (Å²) in [6.45, 7) is 6.90. The molecule has 7 aromatic carbocycles. The molecule has 1 nitrogen and oxygen atoms in total. The van der Waals surface area contributed by atoms with Gasteiger partial charge in [0.25, 0.3) is 0 Å². The summed E-state index contributed by atoms with van der Waals surface area (Å²) in [5, 5.41) is 3.33. The second-order valence-electron chi connectivity index (χ2n) is 13.6. The second-order valence-corrected chi connectivity index (χ2v) is 16.4. The Balaban J connectivity index is 1.30. The van der Waals surface area contributed by atoms with Crippen molar-refractivity contribution in [2.24, 2.45) is 0 Å². The SMILES string of the molecule is CC(C)(C)c1cc([Se]c2ccc(-c3ccccc3)cc2Cl)cc(-n2c3ccc(-c4ccccc4)cc3c3cc(-c4ccccc4)ccc32)c1. The first-order valence-corrected chi connectivity index (χ1v) is 18.8. The van der Waals surface area contributed by atoms with Gasteiger partial charge in [0, 0.05) is 0 Å². The van der Waals surface area contributed by atoms with Crippen LogP contribution in [0.2, 0.25) is 5.02 Å². The first kappa shape index (κ1) is 31.4. The van der Waals surface area contributed by atoms with Gasteiger partial charge in [-0.15, -0.1) is 0 Å². The van der Waals surface area contributed by atoms with Crippen LogP contribution < -0.4 is 8.92 Å². The molecule has 0 aliphatic carbocycles. The first-order valence-electron chi connectivity index (χ1n) is 16.7. The molecular weight excluding hydrogens is 681 g/mol. The Bertz CT molecular complexity index is 2340. The summed E-state index contributed by atoms with van der Waals surface area (Å²) in [7, 11) is 0. The molecule has 0 N–H and O–H groups in total. The van der Waals surface area contributed by atoms with E-state index >= 15 is 0 Å². The van der Waals surface area contributed by atoms with Crippen LogP contribution in [0.25, 0.3) is 60.9 Å². The number of benzene rings is 7. The molecule has 0 radical (unpaired) electrons. The van der Waals surface area contributed by atoms with Crippen molar-refractivity contribution in [2.45, 2.75) is 26.2 Å². The van der Waals surface area contributed by atoms with Crippen molar-refractivity contribution in [3.8, 4) is 39.1 Å². The molecule has 1 aromatic heterocycles. The van der Waals surface area contributed by atoms with E-state index in [4.69, 9.17) is 11.6 Å². The van der Waals surface area contributed by atoms with E-state index in [1.54, 1.807) is 0 Å². The molecule has 8 aromatic rings. The van der Waals surface area contributed by atoms with E-state index < -0.39 is 0 Å². The summed E-state index contributed by atoms with van der Waals surface area (Å²) in [6.07, 6.45) is 0. The van der Waals surface area contributed by atoms with Crippen molar-refractivity contribution in [2.75, 3.05) is 0 Å². The van der Waals surface area contributed by atoms with Crippen molar-refractivity contribution >= 4 is 57.3 Å². The number of halogens is 1. The van der Waals surface area contributed by atoms with Crippen molar-refractivity contribution in [1.29, 1.82) is 0 Å². The number of hydrogen-bond acceptors (Lipinski definition) is 0. The van der Waals surface area contributed by atoms with Gasteiger partial charge >= 0.3 is 301 Å². The van der Waals surface area contributed by atoms with Crippen LogP contribution in [-0.4, -0.2) is 19.5 Å². The molecule has 0 aliphatic rings. The van der Waals surface area contributed by atoms with Crippen molar-refractivity contribution in [3.05, 3.63) is 174 Å². The van der Waals surface area contributed by atoms with Crippen LogP contribution in [0, 0.1) is 0 Å². The predicted octanol–water partition coefficient (Wildman–Crippen LogP) is 11.4. The first-order chi connectivity index (χ1) is 23.8. The minimum absolute atomic E-state index is 0.0159.